The van der Waals surface area contributed by atoms with Gasteiger partial charge < -0.3 is 0 Å². The fraction of sp³-hybridized carbons (Fsp3) is 1.00. The first-order chi connectivity index (χ1) is 4.50. The van der Waals surface area contributed by atoms with Crippen molar-refractivity contribution in [2.75, 3.05) is 21.1 Å². The molecule has 0 aliphatic rings. The predicted molar refractivity (Wildman–Crippen MR) is 33.0 cm³/mol. The van der Waals surface area contributed by atoms with E-state index in [1.807, 2.05) is 0 Å². The molecule has 0 aliphatic heterocycles. The van der Waals surface area contributed by atoms with Crippen molar-refractivity contribution in [1.82, 2.24) is 0 Å². The standard InChI is InChI=1S/C4H9F3NO2S/c1-8(2,3)11(9,10)4(5,6)7/h1-3H3/q+1. The molecule has 7 heteroatoms. The lowest BCUT2D eigenvalue weighted by molar-refractivity contribution is -0.742. The fourth-order valence-electron chi connectivity index (χ4n) is 0.311. The molecular formula is C4H9F3NO2S+. The molecule has 0 rings (SSSR count). The molecule has 0 radical (unpaired) electrons. The molecule has 0 N–H and O–H groups in total. The molecule has 0 fully saturated rings. The van der Waals surface area contributed by atoms with Crippen LogP contribution in [0.15, 0.2) is 0 Å². The Morgan fingerprint density at radius 2 is 1.36 bits per heavy atom. The van der Waals surface area contributed by atoms with Crippen LogP contribution in [0.1, 0.15) is 0 Å². The SMILES string of the molecule is C[N+](C)(C)S(=O)(=O)C(F)(F)F. The Labute approximate surface area is 63.1 Å². The van der Waals surface area contributed by atoms with E-state index in [4.69, 9.17) is 0 Å². The molecule has 0 bridgehead atoms. The number of halogens is 3. The molecule has 0 atom stereocenters. The first kappa shape index (κ1) is 10.7. The molecule has 0 aromatic heterocycles. The van der Waals surface area contributed by atoms with Crippen LogP contribution < -0.4 is 0 Å². The first-order valence-electron chi connectivity index (χ1n) is 2.63. The largest absolute Gasteiger partial charge is 0.549 e. The van der Waals surface area contributed by atoms with E-state index in [0.29, 0.717) is 0 Å². The van der Waals surface area contributed by atoms with Crippen molar-refractivity contribution in [3.8, 4) is 0 Å². The van der Waals surface area contributed by atoms with Crippen LogP contribution in [0.4, 0.5) is 13.2 Å². The summed E-state index contributed by atoms with van der Waals surface area (Å²) in [5, 5.41) is 0. The predicted octanol–water partition coefficient (Wildman–Crippen LogP) is 0.542. The maximum atomic E-state index is 11.7. The molecule has 0 saturated heterocycles. The van der Waals surface area contributed by atoms with Crippen molar-refractivity contribution in [3.05, 3.63) is 0 Å². The Kier molecular flexibility index (Phi) is 2.28. The number of hydrogen-bond donors (Lipinski definition) is 0. The van der Waals surface area contributed by atoms with Crippen molar-refractivity contribution in [3.63, 3.8) is 0 Å². The van der Waals surface area contributed by atoms with Gasteiger partial charge in [-0.2, -0.15) is 21.6 Å². The summed E-state index contributed by atoms with van der Waals surface area (Å²) in [6, 6.07) is 0. The monoisotopic (exact) mass is 192 g/mol. The van der Waals surface area contributed by atoms with E-state index >= 15 is 0 Å². The average Bonchev–Trinajstić information content (AvgIpc) is 1.58. The van der Waals surface area contributed by atoms with Gasteiger partial charge in [0.1, 0.15) is 0 Å². The van der Waals surface area contributed by atoms with Crippen LogP contribution in [-0.2, 0) is 10.0 Å². The Balaban J connectivity index is 5.11. The molecular weight excluding hydrogens is 183 g/mol. The molecule has 0 spiro atoms. The summed E-state index contributed by atoms with van der Waals surface area (Å²) in [5.74, 6) is 0. The lowest BCUT2D eigenvalue weighted by Crippen LogP contribution is -2.48. The van der Waals surface area contributed by atoms with Gasteiger partial charge in [0.15, 0.2) is 0 Å². The maximum Gasteiger partial charge on any atom is 0.549 e. The molecule has 0 aromatic carbocycles. The second-order valence-corrected chi connectivity index (χ2v) is 5.32. The van der Waals surface area contributed by atoms with Gasteiger partial charge >= 0.3 is 15.5 Å². The summed E-state index contributed by atoms with van der Waals surface area (Å²) in [7, 11) is -2.23. The van der Waals surface area contributed by atoms with E-state index in [9.17, 15) is 21.6 Å². The van der Waals surface area contributed by atoms with Gasteiger partial charge in [-0.1, -0.05) is 0 Å². The van der Waals surface area contributed by atoms with Crippen molar-refractivity contribution in [2.24, 2.45) is 0 Å². The molecule has 0 heterocycles. The van der Waals surface area contributed by atoms with Gasteiger partial charge in [0, 0.05) is 0 Å². The zero-order valence-electron chi connectivity index (χ0n) is 6.31. The Morgan fingerprint density at radius 3 is 1.36 bits per heavy atom. The van der Waals surface area contributed by atoms with Gasteiger partial charge in [0.05, 0.1) is 21.1 Å². The van der Waals surface area contributed by atoms with Gasteiger partial charge in [-0.3, -0.25) is 0 Å². The summed E-state index contributed by atoms with van der Waals surface area (Å²) in [6.07, 6.45) is 0. The third-order valence-corrected chi connectivity index (χ3v) is 3.04. The van der Waals surface area contributed by atoms with Crippen LogP contribution in [-0.4, -0.2) is 39.0 Å². The molecule has 68 valence electrons. The van der Waals surface area contributed by atoms with Gasteiger partial charge in [-0.25, -0.2) is 3.89 Å². The smallest absolute Gasteiger partial charge is 0.218 e. The van der Waals surface area contributed by atoms with Gasteiger partial charge in [-0.05, 0) is 0 Å². The topological polar surface area (TPSA) is 34.1 Å². The molecule has 3 nitrogen and oxygen atoms in total. The highest BCUT2D eigenvalue weighted by Crippen LogP contribution is 2.28. The minimum atomic E-state index is -5.18. The quantitative estimate of drug-likeness (QED) is 0.568. The number of sulfonamides is 1. The lowest BCUT2D eigenvalue weighted by atomic mass is 11.0. The number of nitrogens with zero attached hydrogens (tertiary/aromatic N) is 1. The molecule has 11 heavy (non-hydrogen) atoms. The number of rotatable bonds is 1. The summed E-state index contributed by atoms with van der Waals surface area (Å²) < 4.78 is 55.1. The molecule has 0 unspecified atom stereocenters. The zero-order valence-corrected chi connectivity index (χ0v) is 7.12. The van der Waals surface area contributed by atoms with Gasteiger partial charge in [0.25, 0.3) is 0 Å². The van der Waals surface area contributed by atoms with Gasteiger partial charge in [0.2, 0.25) is 0 Å². The Hall–Kier alpha value is -0.300. The van der Waals surface area contributed by atoms with Crippen LogP contribution in [0.5, 0.6) is 0 Å². The van der Waals surface area contributed by atoms with E-state index in [0.717, 1.165) is 21.1 Å². The summed E-state index contributed by atoms with van der Waals surface area (Å²) in [4.78, 5) is 0. The minimum Gasteiger partial charge on any atom is -0.218 e. The molecule has 0 saturated carbocycles. The molecule has 0 aliphatic carbocycles. The maximum absolute atomic E-state index is 11.7. The van der Waals surface area contributed by atoms with Gasteiger partial charge in [-0.15, -0.1) is 0 Å². The highest BCUT2D eigenvalue weighted by Gasteiger charge is 2.55. The molecule has 0 aromatic rings. The normalized spacial score (nSPS) is 15.1. The van der Waals surface area contributed by atoms with E-state index < -0.39 is 19.4 Å². The summed E-state index contributed by atoms with van der Waals surface area (Å²) >= 11 is 0. The third kappa shape index (κ3) is 1.84. The summed E-state index contributed by atoms with van der Waals surface area (Å²) in [6.45, 7) is 0. The van der Waals surface area contributed by atoms with Crippen LogP contribution in [0.2, 0.25) is 0 Å². The highest BCUT2D eigenvalue weighted by atomic mass is 32.2. The van der Waals surface area contributed by atoms with E-state index in [1.165, 1.54) is 0 Å². The molecule has 0 amide bonds. The second-order valence-electron chi connectivity index (χ2n) is 2.81. The lowest BCUT2D eigenvalue weighted by Gasteiger charge is -2.23. The zero-order chi connectivity index (χ0) is 9.50. The number of quaternary nitrogens is 1. The van der Waals surface area contributed by atoms with Crippen molar-refractivity contribution >= 4 is 10.0 Å². The number of alkyl halides is 3. The van der Waals surface area contributed by atoms with Crippen LogP contribution in [0.25, 0.3) is 0 Å². The summed E-state index contributed by atoms with van der Waals surface area (Å²) in [5.41, 5.74) is -5.18. The van der Waals surface area contributed by atoms with Crippen LogP contribution in [0.3, 0.4) is 0 Å². The van der Waals surface area contributed by atoms with Crippen LogP contribution >= 0.6 is 0 Å². The van der Waals surface area contributed by atoms with Crippen molar-refractivity contribution in [2.45, 2.75) is 5.51 Å². The Bertz CT molecular complexity index is 215. The fourth-order valence-corrected chi connectivity index (χ4v) is 0.932. The van der Waals surface area contributed by atoms with Crippen LogP contribution in [0, 0.1) is 0 Å². The first-order valence-corrected chi connectivity index (χ1v) is 4.07. The minimum absolute atomic E-state index is 0.947. The Morgan fingerprint density at radius 1 is 1.09 bits per heavy atom. The second kappa shape index (κ2) is 2.34. The third-order valence-electron chi connectivity index (χ3n) is 1.01. The van der Waals surface area contributed by atoms with E-state index in [-0.39, 0.29) is 0 Å². The number of hydrogen-bond acceptors (Lipinski definition) is 2. The van der Waals surface area contributed by atoms with E-state index in [1.54, 1.807) is 0 Å². The van der Waals surface area contributed by atoms with E-state index in [2.05, 4.69) is 0 Å². The van der Waals surface area contributed by atoms with Crippen molar-refractivity contribution in [1.29, 1.82) is 0 Å². The average molecular weight is 192 g/mol. The van der Waals surface area contributed by atoms with Crippen molar-refractivity contribution < 1.29 is 25.5 Å². The highest BCUT2D eigenvalue weighted by molar-refractivity contribution is 7.86.